The van der Waals surface area contributed by atoms with Crippen molar-refractivity contribution in [1.29, 1.82) is 0 Å². The van der Waals surface area contributed by atoms with Crippen LogP contribution in [0.1, 0.15) is 20.1 Å². The molecule has 0 fully saturated rings. The van der Waals surface area contributed by atoms with Crippen molar-refractivity contribution in [2.75, 3.05) is 7.11 Å². The normalized spacial score (nSPS) is 14.3. The first-order valence-corrected chi connectivity index (χ1v) is 5.44. The largest absolute Gasteiger partial charge is 0.465 e. The van der Waals surface area contributed by atoms with Crippen LogP contribution >= 0.6 is 27.3 Å². The molecule has 0 aromatic carbocycles. The Kier molecular flexibility index (Phi) is 2.40. The number of ether oxygens (including phenoxy) is 1. The number of hydrogen-bond acceptors (Lipinski definition) is 4. The lowest BCUT2D eigenvalue weighted by molar-refractivity contribution is 0.0605. The molecule has 0 saturated carbocycles. The molecule has 0 radical (unpaired) electrons. The van der Waals surface area contributed by atoms with Crippen LogP contribution < -0.4 is 5.32 Å². The summed E-state index contributed by atoms with van der Waals surface area (Å²) >= 11 is 4.91. The van der Waals surface area contributed by atoms with Crippen LogP contribution in [0.4, 0.5) is 0 Å². The fourth-order valence-electron chi connectivity index (χ4n) is 1.33. The van der Waals surface area contributed by atoms with E-state index in [1.807, 2.05) is 0 Å². The molecule has 0 atom stereocenters. The van der Waals surface area contributed by atoms with Crippen molar-refractivity contribution in [3.05, 3.63) is 19.8 Å². The van der Waals surface area contributed by atoms with Gasteiger partial charge in [-0.1, -0.05) is 0 Å². The number of esters is 1. The van der Waals surface area contributed by atoms with Gasteiger partial charge in [0.15, 0.2) is 0 Å². The second-order valence-electron chi connectivity index (χ2n) is 2.74. The number of fused-ring (bicyclic) bond motifs is 1. The summed E-state index contributed by atoms with van der Waals surface area (Å²) in [5.74, 6) is -0.258. The quantitative estimate of drug-likeness (QED) is 0.785. The number of carbonyl (C=O) groups is 1. The molecular weight excluding hydrogens is 254 g/mol. The van der Waals surface area contributed by atoms with Crippen LogP contribution in [0.3, 0.4) is 0 Å². The third-order valence-corrected chi connectivity index (χ3v) is 4.33. The van der Waals surface area contributed by atoms with Gasteiger partial charge in [-0.15, -0.1) is 11.3 Å². The third kappa shape index (κ3) is 1.41. The maximum absolute atomic E-state index is 11.3. The summed E-state index contributed by atoms with van der Waals surface area (Å²) in [6, 6.07) is 0. The van der Waals surface area contributed by atoms with E-state index in [2.05, 4.69) is 26.0 Å². The predicted octanol–water partition coefficient (Wildman–Crippen LogP) is 1.90. The number of nitrogens with one attached hydrogen (secondary N) is 1. The molecule has 0 unspecified atom stereocenters. The minimum Gasteiger partial charge on any atom is -0.465 e. The van der Waals surface area contributed by atoms with Crippen molar-refractivity contribution in [3.8, 4) is 0 Å². The van der Waals surface area contributed by atoms with Crippen LogP contribution in [0.25, 0.3) is 0 Å². The fraction of sp³-hybridized carbons (Fsp3) is 0.375. The summed E-state index contributed by atoms with van der Waals surface area (Å²) in [5, 5.41) is 3.22. The number of hydrogen-bond donors (Lipinski definition) is 1. The Labute approximate surface area is 88.2 Å². The molecule has 0 amide bonds. The van der Waals surface area contributed by atoms with Gasteiger partial charge in [0.1, 0.15) is 4.88 Å². The second-order valence-corrected chi connectivity index (χ2v) is 4.64. The summed E-state index contributed by atoms with van der Waals surface area (Å²) in [7, 11) is 1.40. The topological polar surface area (TPSA) is 38.3 Å². The van der Waals surface area contributed by atoms with Crippen molar-refractivity contribution in [3.63, 3.8) is 0 Å². The number of methoxy groups -OCH3 is 1. The Morgan fingerprint density at radius 2 is 2.38 bits per heavy atom. The van der Waals surface area contributed by atoms with Gasteiger partial charge in [-0.25, -0.2) is 4.79 Å². The Balaban J connectivity index is 2.44. The molecule has 70 valence electrons. The van der Waals surface area contributed by atoms with Gasteiger partial charge in [-0.05, 0) is 21.5 Å². The summed E-state index contributed by atoms with van der Waals surface area (Å²) in [6.45, 7) is 1.69. The molecule has 1 N–H and O–H groups in total. The van der Waals surface area contributed by atoms with Gasteiger partial charge in [-0.2, -0.15) is 0 Å². The van der Waals surface area contributed by atoms with Gasteiger partial charge in [0.05, 0.1) is 7.11 Å². The van der Waals surface area contributed by atoms with Crippen molar-refractivity contribution in [2.45, 2.75) is 13.1 Å². The zero-order chi connectivity index (χ0) is 9.42. The van der Waals surface area contributed by atoms with Crippen LogP contribution in [0.2, 0.25) is 0 Å². The first-order valence-electron chi connectivity index (χ1n) is 3.83. The number of carbonyl (C=O) groups excluding carboxylic acids is 1. The van der Waals surface area contributed by atoms with Crippen molar-refractivity contribution >= 4 is 33.2 Å². The zero-order valence-electron chi connectivity index (χ0n) is 7.02. The molecule has 0 saturated heterocycles. The molecule has 13 heavy (non-hydrogen) atoms. The van der Waals surface area contributed by atoms with Crippen LogP contribution in [0, 0.1) is 0 Å². The fourth-order valence-corrected chi connectivity index (χ4v) is 3.35. The molecule has 1 aromatic rings. The highest BCUT2D eigenvalue weighted by atomic mass is 79.9. The maximum Gasteiger partial charge on any atom is 0.349 e. The lowest BCUT2D eigenvalue weighted by atomic mass is 10.3. The zero-order valence-corrected chi connectivity index (χ0v) is 9.42. The van der Waals surface area contributed by atoms with Gasteiger partial charge in [-0.3, -0.25) is 0 Å². The van der Waals surface area contributed by atoms with E-state index in [0.29, 0.717) is 4.88 Å². The van der Waals surface area contributed by atoms with E-state index >= 15 is 0 Å². The van der Waals surface area contributed by atoms with E-state index in [1.54, 1.807) is 0 Å². The molecular formula is C8H8BrNO2S. The van der Waals surface area contributed by atoms with Crippen LogP contribution in [-0.2, 0) is 17.8 Å². The van der Waals surface area contributed by atoms with Gasteiger partial charge in [0.25, 0.3) is 0 Å². The number of rotatable bonds is 1. The molecule has 0 bridgehead atoms. The summed E-state index contributed by atoms with van der Waals surface area (Å²) in [4.78, 5) is 13.2. The number of halogens is 1. The Bertz CT molecular complexity index is 361. The first kappa shape index (κ1) is 9.18. The van der Waals surface area contributed by atoms with Crippen molar-refractivity contribution in [1.82, 2.24) is 5.32 Å². The molecule has 3 nitrogen and oxygen atoms in total. The molecule has 0 aliphatic carbocycles. The Hall–Kier alpha value is -0.390. The first-order chi connectivity index (χ1) is 6.24. The monoisotopic (exact) mass is 261 g/mol. The smallest absolute Gasteiger partial charge is 0.349 e. The molecule has 2 heterocycles. The van der Waals surface area contributed by atoms with Gasteiger partial charge in [0.2, 0.25) is 0 Å². The molecule has 1 aliphatic rings. The second kappa shape index (κ2) is 3.40. The SMILES string of the molecule is COC(=O)c1sc2c(c1Br)CNC2. The highest BCUT2D eigenvalue weighted by Gasteiger charge is 2.24. The lowest BCUT2D eigenvalue weighted by Gasteiger charge is -1.97. The number of thiophene rings is 1. The Morgan fingerprint density at radius 3 is 3.00 bits per heavy atom. The molecule has 0 spiro atoms. The van der Waals surface area contributed by atoms with Gasteiger partial charge >= 0.3 is 5.97 Å². The minimum atomic E-state index is -0.258. The van der Waals surface area contributed by atoms with Crippen LogP contribution in [0.5, 0.6) is 0 Å². The van der Waals surface area contributed by atoms with E-state index in [0.717, 1.165) is 17.6 Å². The van der Waals surface area contributed by atoms with E-state index < -0.39 is 0 Å². The highest BCUT2D eigenvalue weighted by molar-refractivity contribution is 9.10. The van der Waals surface area contributed by atoms with Crippen LogP contribution in [-0.4, -0.2) is 13.1 Å². The average molecular weight is 262 g/mol. The van der Waals surface area contributed by atoms with E-state index in [4.69, 9.17) is 0 Å². The van der Waals surface area contributed by atoms with Crippen molar-refractivity contribution in [2.24, 2.45) is 0 Å². The maximum atomic E-state index is 11.3. The average Bonchev–Trinajstić information content (AvgIpc) is 2.68. The molecule has 5 heteroatoms. The lowest BCUT2D eigenvalue weighted by Crippen LogP contribution is -2.03. The van der Waals surface area contributed by atoms with Gasteiger partial charge in [0, 0.05) is 22.4 Å². The van der Waals surface area contributed by atoms with Gasteiger partial charge < -0.3 is 10.1 Å². The van der Waals surface area contributed by atoms with E-state index in [1.165, 1.54) is 28.9 Å². The summed E-state index contributed by atoms with van der Waals surface area (Å²) in [5.41, 5.74) is 1.20. The van der Waals surface area contributed by atoms with Crippen molar-refractivity contribution < 1.29 is 9.53 Å². The minimum absolute atomic E-state index is 0.258. The van der Waals surface area contributed by atoms with E-state index in [-0.39, 0.29) is 5.97 Å². The van der Waals surface area contributed by atoms with E-state index in [9.17, 15) is 4.79 Å². The summed E-state index contributed by atoms with van der Waals surface area (Å²) in [6.07, 6.45) is 0. The molecule has 2 rings (SSSR count). The standard InChI is InChI=1S/C8H8BrNO2S/c1-12-8(11)7-6(9)4-2-10-3-5(4)13-7/h10H,2-3H2,1H3. The Morgan fingerprint density at radius 1 is 1.62 bits per heavy atom. The predicted molar refractivity (Wildman–Crippen MR) is 53.9 cm³/mol. The highest BCUT2D eigenvalue weighted by Crippen LogP contribution is 2.36. The summed E-state index contributed by atoms with van der Waals surface area (Å²) < 4.78 is 5.57. The molecule has 1 aromatic heterocycles. The third-order valence-electron chi connectivity index (χ3n) is 1.98. The molecule has 1 aliphatic heterocycles. The van der Waals surface area contributed by atoms with Crippen LogP contribution in [0.15, 0.2) is 4.47 Å².